The predicted octanol–water partition coefficient (Wildman–Crippen LogP) is 3.67. The molecule has 3 rings (SSSR count). The SMILES string of the molecule is CC(C)CC(NS(=O)(=O)c1ccc2c(c1)sc(=O)n2C)c1ccccc1. The number of rotatable bonds is 6. The zero-order valence-electron chi connectivity index (χ0n) is 15.0. The summed E-state index contributed by atoms with van der Waals surface area (Å²) in [6.07, 6.45) is 0.699. The van der Waals surface area contributed by atoms with Crippen LogP contribution in [0.5, 0.6) is 0 Å². The summed E-state index contributed by atoms with van der Waals surface area (Å²) in [5.74, 6) is 0.338. The van der Waals surface area contributed by atoms with E-state index in [9.17, 15) is 13.2 Å². The van der Waals surface area contributed by atoms with E-state index in [2.05, 4.69) is 18.6 Å². The molecule has 1 unspecified atom stereocenters. The monoisotopic (exact) mass is 390 g/mol. The topological polar surface area (TPSA) is 68.2 Å². The molecule has 26 heavy (non-hydrogen) atoms. The van der Waals surface area contributed by atoms with Gasteiger partial charge in [-0.25, -0.2) is 13.1 Å². The van der Waals surface area contributed by atoms with Gasteiger partial charge in [-0.2, -0.15) is 0 Å². The van der Waals surface area contributed by atoms with Crippen molar-refractivity contribution in [2.45, 2.75) is 31.2 Å². The summed E-state index contributed by atoms with van der Waals surface area (Å²) in [6, 6.07) is 14.1. The second-order valence-electron chi connectivity index (χ2n) is 6.77. The van der Waals surface area contributed by atoms with Crippen molar-refractivity contribution in [2.75, 3.05) is 0 Å². The molecule has 0 radical (unpaired) electrons. The lowest BCUT2D eigenvalue weighted by Gasteiger charge is -2.21. The molecular weight excluding hydrogens is 368 g/mol. The van der Waals surface area contributed by atoms with E-state index in [0.29, 0.717) is 17.0 Å². The van der Waals surface area contributed by atoms with E-state index >= 15 is 0 Å². The van der Waals surface area contributed by atoms with Crippen molar-refractivity contribution in [3.63, 3.8) is 0 Å². The van der Waals surface area contributed by atoms with Crippen LogP contribution in [-0.4, -0.2) is 13.0 Å². The van der Waals surface area contributed by atoms with Gasteiger partial charge in [0, 0.05) is 13.1 Å². The second-order valence-corrected chi connectivity index (χ2v) is 9.48. The fourth-order valence-corrected chi connectivity index (χ4v) is 5.20. The largest absolute Gasteiger partial charge is 0.307 e. The normalized spacial score (nSPS) is 13.4. The summed E-state index contributed by atoms with van der Waals surface area (Å²) in [5.41, 5.74) is 1.68. The van der Waals surface area contributed by atoms with Gasteiger partial charge in [-0.1, -0.05) is 55.5 Å². The summed E-state index contributed by atoms with van der Waals surface area (Å²) >= 11 is 1.05. The maximum atomic E-state index is 12.9. The van der Waals surface area contributed by atoms with Crippen LogP contribution < -0.4 is 9.60 Å². The number of aromatic nitrogens is 1. The van der Waals surface area contributed by atoms with Crippen molar-refractivity contribution in [3.05, 3.63) is 63.8 Å². The summed E-state index contributed by atoms with van der Waals surface area (Å²) in [5, 5.41) is 0. The minimum absolute atomic E-state index is 0.107. The number of benzene rings is 2. The molecule has 0 saturated heterocycles. The van der Waals surface area contributed by atoms with Crippen LogP contribution in [0.2, 0.25) is 0 Å². The van der Waals surface area contributed by atoms with Crippen molar-refractivity contribution < 1.29 is 8.42 Å². The summed E-state index contributed by atoms with van der Waals surface area (Å²) in [4.78, 5) is 11.9. The van der Waals surface area contributed by atoms with Gasteiger partial charge in [0.05, 0.1) is 15.1 Å². The molecule has 0 aliphatic heterocycles. The van der Waals surface area contributed by atoms with Crippen molar-refractivity contribution >= 4 is 31.6 Å². The highest BCUT2D eigenvalue weighted by atomic mass is 32.2. The molecule has 2 aromatic carbocycles. The van der Waals surface area contributed by atoms with E-state index in [-0.39, 0.29) is 15.8 Å². The molecule has 0 spiro atoms. The molecule has 3 aromatic rings. The zero-order valence-corrected chi connectivity index (χ0v) is 16.6. The molecule has 0 saturated carbocycles. The summed E-state index contributed by atoms with van der Waals surface area (Å²) < 4.78 is 30.9. The third-order valence-corrected chi connectivity index (χ3v) is 6.75. The zero-order chi connectivity index (χ0) is 18.9. The first kappa shape index (κ1) is 18.8. The molecule has 5 nitrogen and oxygen atoms in total. The Balaban J connectivity index is 1.96. The average Bonchev–Trinajstić information content (AvgIpc) is 2.88. The standard InChI is InChI=1S/C19H22N2O3S2/c1-13(2)11-16(14-7-5-4-6-8-14)20-26(23,24)15-9-10-17-18(12-15)25-19(22)21(17)3/h4-10,12-13,16,20H,11H2,1-3H3. The Labute approximate surface area is 157 Å². The number of nitrogens with zero attached hydrogens (tertiary/aromatic N) is 1. The highest BCUT2D eigenvalue weighted by molar-refractivity contribution is 7.89. The maximum Gasteiger partial charge on any atom is 0.307 e. The first-order valence-corrected chi connectivity index (χ1v) is 10.7. The fourth-order valence-electron chi connectivity index (χ4n) is 2.95. The number of aryl methyl sites for hydroxylation is 1. The lowest BCUT2D eigenvalue weighted by molar-refractivity contribution is 0.472. The van der Waals surface area contributed by atoms with E-state index in [1.54, 1.807) is 25.2 Å². The van der Waals surface area contributed by atoms with Crippen LogP contribution in [0.15, 0.2) is 58.2 Å². The second kappa shape index (κ2) is 7.34. The first-order chi connectivity index (χ1) is 12.3. The fraction of sp³-hybridized carbons (Fsp3) is 0.316. The Bertz CT molecular complexity index is 1070. The van der Waals surface area contributed by atoms with Crippen LogP contribution in [-0.2, 0) is 17.1 Å². The number of hydrogen-bond acceptors (Lipinski definition) is 4. The number of thiazole rings is 1. The predicted molar refractivity (Wildman–Crippen MR) is 106 cm³/mol. The van der Waals surface area contributed by atoms with Gasteiger partial charge in [-0.05, 0) is 36.1 Å². The van der Waals surface area contributed by atoms with Crippen molar-refractivity contribution in [1.82, 2.24) is 9.29 Å². The van der Waals surface area contributed by atoms with Gasteiger partial charge in [0.1, 0.15) is 0 Å². The van der Waals surface area contributed by atoms with E-state index < -0.39 is 10.0 Å². The molecule has 0 fully saturated rings. The quantitative estimate of drug-likeness (QED) is 0.698. The van der Waals surface area contributed by atoms with Crippen molar-refractivity contribution in [2.24, 2.45) is 13.0 Å². The maximum absolute atomic E-state index is 12.9. The Kier molecular flexibility index (Phi) is 5.32. The van der Waals surface area contributed by atoms with Crippen molar-refractivity contribution in [3.8, 4) is 0 Å². The Morgan fingerprint density at radius 1 is 1.12 bits per heavy atom. The van der Waals surface area contributed by atoms with Crippen LogP contribution in [0.25, 0.3) is 10.2 Å². The lowest BCUT2D eigenvalue weighted by Crippen LogP contribution is -2.29. The molecule has 0 aliphatic rings. The number of hydrogen-bond donors (Lipinski definition) is 1. The number of sulfonamides is 1. The molecule has 1 heterocycles. The molecule has 0 bridgehead atoms. The van der Waals surface area contributed by atoms with Gasteiger partial charge in [0.2, 0.25) is 10.0 Å². The molecular formula is C19H22N2O3S2. The minimum atomic E-state index is -3.70. The van der Waals surface area contributed by atoms with Crippen molar-refractivity contribution in [1.29, 1.82) is 0 Å². The third kappa shape index (κ3) is 3.90. The summed E-state index contributed by atoms with van der Waals surface area (Å²) in [6.45, 7) is 4.13. The first-order valence-electron chi connectivity index (χ1n) is 8.45. The number of nitrogens with one attached hydrogen (secondary N) is 1. The highest BCUT2D eigenvalue weighted by Crippen LogP contribution is 2.26. The molecule has 0 amide bonds. The van der Waals surface area contributed by atoms with Gasteiger partial charge in [-0.3, -0.25) is 4.79 Å². The van der Waals surface area contributed by atoms with E-state index in [0.717, 1.165) is 22.4 Å². The van der Waals surface area contributed by atoms with E-state index in [4.69, 9.17) is 0 Å². The molecule has 7 heteroatoms. The summed E-state index contributed by atoms with van der Waals surface area (Å²) in [7, 11) is -2.02. The van der Waals surface area contributed by atoms with Crippen LogP contribution in [0.4, 0.5) is 0 Å². The lowest BCUT2D eigenvalue weighted by atomic mass is 9.98. The third-order valence-electron chi connectivity index (χ3n) is 4.28. The van der Waals surface area contributed by atoms with Crippen LogP contribution in [0, 0.1) is 5.92 Å². The Hall–Kier alpha value is -1.96. The molecule has 0 aliphatic carbocycles. The van der Waals surface area contributed by atoms with Gasteiger partial charge in [0.15, 0.2) is 0 Å². The highest BCUT2D eigenvalue weighted by Gasteiger charge is 2.23. The average molecular weight is 391 g/mol. The Morgan fingerprint density at radius 3 is 2.46 bits per heavy atom. The van der Waals surface area contributed by atoms with Crippen LogP contribution in [0.3, 0.4) is 0 Å². The van der Waals surface area contributed by atoms with Gasteiger partial charge >= 0.3 is 4.87 Å². The van der Waals surface area contributed by atoms with Crippen LogP contribution >= 0.6 is 11.3 Å². The van der Waals surface area contributed by atoms with Crippen LogP contribution in [0.1, 0.15) is 31.9 Å². The Morgan fingerprint density at radius 2 is 1.81 bits per heavy atom. The molecule has 1 atom stereocenters. The molecule has 1 N–H and O–H groups in total. The smallest absolute Gasteiger partial charge is 0.302 e. The molecule has 1 aromatic heterocycles. The van der Waals surface area contributed by atoms with E-state index in [1.807, 2.05) is 30.3 Å². The van der Waals surface area contributed by atoms with Gasteiger partial charge in [0.25, 0.3) is 0 Å². The van der Waals surface area contributed by atoms with E-state index in [1.165, 1.54) is 4.57 Å². The number of fused-ring (bicyclic) bond motifs is 1. The van der Waals surface area contributed by atoms with Gasteiger partial charge in [-0.15, -0.1) is 0 Å². The van der Waals surface area contributed by atoms with Gasteiger partial charge < -0.3 is 4.57 Å². The molecule has 138 valence electrons. The minimum Gasteiger partial charge on any atom is -0.302 e.